The summed E-state index contributed by atoms with van der Waals surface area (Å²) in [5.41, 5.74) is 1.72. The van der Waals surface area contributed by atoms with Gasteiger partial charge in [-0.05, 0) is 62.1 Å². The summed E-state index contributed by atoms with van der Waals surface area (Å²) in [7, 11) is 3.19. The molecule has 1 aliphatic carbocycles. The molecule has 0 saturated heterocycles. The zero-order valence-corrected chi connectivity index (χ0v) is 24.7. The zero-order chi connectivity index (χ0) is 31.0. The van der Waals surface area contributed by atoms with Crippen LogP contribution in [-0.4, -0.2) is 58.8 Å². The lowest BCUT2D eigenvalue weighted by atomic mass is 9.81. The van der Waals surface area contributed by atoms with Crippen molar-refractivity contribution in [3.05, 3.63) is 71.2 Å². The normalized spacial score (nSPS) is 14.7. The Hall–Kier alpha value is -3.93. The summed E-state index contributed by atoms with van der Waals surface area (Å²) in [5, 5.41) is 8.21. The van der Waals surface area contributed by atoms with Gasteiger partial charge in [0.15, 0.2) is 5.82 Å². The Morgan fingerprint density at radius 3 is 2.49 bits per heavy atom. The molecule has 43 heavy (non-hydrogen) atoms. The van der Waals surface area contributed by atoms with E-state index in [1.54, 1.807) is 39.4 Å². The molecular weight excluding hydrogens is 563 g/mol. The molecule has 3 aromatic rings. The Labute approximate surface area is 249 Å². The molecule has 1 N–H and O–H groups in total. The van der Waals surface area contributed by atoms with E-state index in [1.807, 2.05) is 12.1 Å². The van der Waals surface area contributed by atoms with Crippen LogP contribution in [0.4, 0.5) is 18.9 Å². The maximum atomic E-state index is 13.4. The maximum absolute atomic E-state index is 13.4. The smallest absolute Gasteiger partial charge is 0.433 e. The minimum atomic E-state index is -4.57. The highest BCUT2D eigenvalue weighted by molar-refractivity contribution is 5.94. The number of methoxy groups -OCH3 is 1. The fourth-order valence-corrected chi connectivity index (χ4v) is 5.38. The van der Waals surface area contributed by atoms with Gasteiger partial charge in [-0.25, -0.2) is 9.67 Å². The fraction of sp³-hybridized carbons (Fsp3) is 0.484. The molecule has 1 atom stereocenters. The van der Waals surface area contributed by atoms with Crippen LogP contribution in [-0.2, 0) is 27.1 Å². The summed E-state index contributed by atoms with van der Waals surface area (Å²) in [6.45, 7) is 2.45. The number of nitrogens with one attached hydrogen (secondary N) is 1. The maximum Gasteiger partial charge on any atom is 0.433 e. The van der Waals surface area contributed by atoms with Gasteiger partial charge < -0.3 is 19.7 Å². The first-order chi connectivity index (χ1) is 20.6. The molecule has 1 saturated carbocycles. The number of ether oxygens (including phenoxy) is 2. The molecule has 2 heterocycles. The highest BCUT2D eigenvalue weighted by Gasteiger charge is 2.33. The molecule has 1 aliphatic rings. The van der Waals surface area contributed by atoms with Crippen LogP contribution in [0.15, 0.2) is 48.7 Å². The number of hydrogen-bond acceptors (Lipinski definition) is 7. The van der Waals surface area contributed by atoms with Crippen molar-refractivity contribution in [1.29, 1.82) is 0 Å². The summed E-state index contributed by atoms with van der Waals surface area (Å²) in [5.74, 6) is -0.241. The largest absolute Gasteiger partial charge is 0.466 e. The number of rotatable bonds is 12. The van der Waals surface area contributed by atoms with Gasteiger partial charge in [-0.2, -0.15) is 18.3 Å². The molecule has 0 spiro atoms. The van der Waals surface area contributed by atoms with Crippen LogP contribution >= 0.6 is 0 Å². The number of nitrogens with zero attached hydrogens (tertiary/aromatic N) is 4. The highest BCUT2D eigenvalue weighted by Crippen LogP contribution is 2.38. The van der Waals surface area contributed by atoms with Gasteiger partial charge in [0.1, 0.15) is 5.69 Å². The number of pyridine rings is 1. The number of esters is 1. The molecule has 1 amide bonds. The Morgan fingerprint density at radius 1 is 1.12 bits per heavy atom. The molecule has 0 aliphatic heterocycles. The third-order valence-corrected chi connectivity index (χ3v) is 7.58. The third-order valence-electron chi connectivity index (χ3n) is 7.58. The van der Waals surface area contributed by atoms with E-state index >= 15 is 0 Å². The highest BCUT2D eigenvalue weighted by atomic mass is 19.4. The lowest BCUT2D eigenvalue weighted by Crippen LogP contribution is -2.29. The van der Waals surface area contributed by atoms with Gasteiger partial charge in [0.25, 0.3) is 5.91 Å². The van der Waals surface area contributed by atoms with Gasteiger partial charge in [0.2, 0.25) is 0 Å². The topological polar surface area (TPSA) is 98.6 Å². The minimum absolute atomic E-state index is 0.0655. The van der Waals surface area contributed by atoms with Crippen LogP contribution in [0.1, 0.15) is 78.8 Å². The molecule has 0 bridgehead atoms. The van der Waals surface area contributed by atoms with Crippen molar-refractivity contribution in [1.82, 2.24) is 19.7 Å². The number of carbonyl (C=O) groups excluding carboxylic acids is 2. The zero-order valence-electron chi connectivity index (χ0n) is 24.7. The average Bonchev–Trinajstić information content (AvgIpc) is 3.42. The minimum Gasteiger partial charge on any atom is -0.466 e. The number of hydrogen-bond donors (Lipinski definition) is 1. The van der Waals surface area contributed by atoms with Crippen molar-refractivity contribution in [2.45, 2.75) is 64.3 Å². The molecule has 1 aromatic carbocycles. The average molecular weight is 602 g/mol. The first-order valence-electron chi connectivity index (χ1n) is 14.5. The van der Waals surface area contributed by atoms with Crippen LogP contribution in [0.25, 0.3) is 5.82 Å². The standard InChI is InChI=1S/C31H38F3N5O4/c1-4-43-28(40)17-18-38(2)30(41)22-13-15-23(16-14-22)35-29(21-9-6-5-7-10-21)24-19-39(37-25(24)20-42-3)27-12-8-11-26(36-27)31(32,33)34/h8,11-16,19,21,29,35H,4-7,9-10,17-18,20H2,1-3H3. The van der Waals surface area contributed by atoms with E-state index in [4.69, 9.17) is 9.47 Å². The number of benzene rings is 1. The van der Waals surface area contributed by atoms with Crippen LogP contribution in [0, 0.1) is 5.92 Å². The number of alkyl halides is 3. The molecular formula is C31H38F3N5O4. The number of anilines is 1. The van der Waals surface area contributed by atoms with Gasteiger partial charge in [-0.15, -0.1) is 0 Å². The number of carbonyl (C=O) groups is 2. The monoisotopic (exact) mass is 601 g/mol. The van der Waals surface area contributed by atoms with E-state index in [0.29, 0.717) is 17.9 Å². The van der Waals surface area contributed by atoms with E-state index in [1.165, 1.54) is 21.7 Å². The van der Waals surface area contributed by atoms with E-state index in [0.717, 1.165) is 49.4 Å². The van der Waals surface area contributed by atoms with E-state index in [9.17, 15) is 22.8 Å². The SMILES string of the molecule is CCOC(=O)CCN(C)C(=O)c1ccc(NC(c2cn(-c3cccc(C(F)(F)F)n3)nc2COC)C2CCCCC2)cc1. The molecule has 1 unspecified atom stereocenters. The van der Waals surface area contributed by atoms with E-state index < -0.39 is 11.9 Å². The Kier molecular flexibility index (Phi) is 10.8. The van der Waals surface area contributed by atoms with Crippen molar-refractivity contribution >= 4 is 17.6 Å². The predicted octanol–water partition coefficient (Wildman–Crippen LogP) is 6.19. The first-order valence-corrected chi connectivity index (χ1v) is 14.5. The van der Waals surface area contributed by atoms with Gasteiger partial charge in [0.05, 0.1) is 31.4 Å². The van der Waals surface area contributed by atoms with Crippen molar-refractivity contribution in [3.8, 4) is 5.82 Å². The van der Waals surface area contributed by atoms with Crippen molar-refractivity contribution in [3.63, 3.8) is 0 Å². The molecule has 232 valence electrons. The van der Waals surface area contributed by atoms with Crippen molar-refractivity contribution in [2.75, 3.05) is 32.6 Å². The molecule has 1 fully saturated rings. The number of aromatic nitrogens is 3. The second-order valence-electron chi connectivity index (χ2n) is 10.7. The first kappa shape index (κ1) is 32.0. The molecule has 0 radical (unpaired) electrons. The van der Waals surface area contributed by atoms with Crippen LogP contribution in [0.2, 0.25) is 0 Å². The van der Waals surface area contributed by atoms with Crippen LogP contribution < -0.4 is 5.32 Å². The second-order valence-corrected chi connectivity index (χ2v) is 10.7. The lowest BCUT2D eigenvalue weighted by molar-refractivity contribution is -0.143. The third kappa shape index (κ3) is 8.34. The second kappa shape index (κ2) is 14.5. The summed E-state index contributed by atoms with van der Waals surface area (Å²) >= 11 is 0. The number of amides is 1. The lowest BCUT2D eigenvalue weighted by Gasteiger charge is -2.32. The number of halogens is 3. The molecule has 12 heteroatoms. The Bertz CT molecular complexity index is 1370. The molecule has 9 nitrogen and oxygen atoms in total. The fourth-order valence-electron chi connectivity index (χ4n) is 5.38. The Balaban J connectivity index is 1.59. The van der Waals surface area contributed by atoms with Gasteiger partial charge in [-0.1, -0.05) is 25.3 Å². The van der Waals surface area contributed by atoms with Gasteiger partial charge in [-0.3, -0.25) is 9.59 Å². The summed E-state index contributed by atoms with van der Waals surface area (Å²) in [6, 6.07) is 10.7. The molecule has 2 aromatic heterocycles. The van der Waals surface area contributed by atoms with Crippen LogP contribution in [0.5, 0.6) is 0 Å². The summed E-state index contributed by atoms with van der Waals surface area (Å²) < 4.78 is 51.8. The van der Waals surface area contributed by atoms with Gasteiger partial charge >= 0.3 is 12.1 Å². The van der Waals surface area contributed by atoms with Crippen molar-refractivity contribution < 1.29 is 32.2 Å². The summed E-state index contributed by atoms with van der Waals surface area (Å²) in [6.07, 6.45) is 2.57. The Morgan fingerprint density at radius 2 is 1.84 bits per heavy atom. The predicted molar refractivity (Wildman–Crippen MR) is 155 cm³/mol. The summed E-state index contributed by atoms with van der Waals surface area (Å²) in [4.78, 5) is 29.9. The van der Waals surface area contributed by atoms with E-state index in [2.05, 4.69) is 15.4 Å². The quantitative estimate of drug-likeness (QED) is 0.247. The van der Waals surface area contributed by atoms with Crippen LogP contribution in [0.3, 0.4) is 0 Å². The molecule has 4 rings (SSSR count). The van der Waals surface area contributed by atoms with Gasteiger partial charge in [0, 0.05) is 43.7 Å². The van der Waals surface area contributed by atoms with Crippen molar-refractivity contribution in [2.24, 2.45) is 5.92 Å². The van der Waals surface area contributed by atoms with E-state index in [-0.39, 0.29) is 49.2 Å².